The van der Waals surface area contributed by atoms with Gasteiger partial charge < -0.3 is 15.0 Å². The van der Waals surface area contributed by atoms with Gasteiger partial charge in [-0.1, -0.05) is 18.2 Å². The largest absolute Gasteiger partial charge is 0.480 e. The minimum absolute atomic E-state index is 0.124. The maximum Gasteiger partial charge on any atom is 0.320 e. The number of carboxylic acid groups (broad SMARTS) is 1. The van der Waals surface area contributed by atoms with Crippen LogP contribution in [0, 0.1) is 11.7 Å². The fourth-order valence-corrected chi connectivity index (χ4v) is 3.78. The first-order chi connectivity index (χ1) is 12.9. The third-order valence-corrected chi connectivity index (χ3v) is 5.20. The Morgan fingerprint density at radius 2 is 2.11 bits per heavy atom. The lowest BCUT2D eigenvalue weighted by molar-refractivity contribution is -0.142. The minimum atomic E-state index is -1.02. The summed E-state index contributed by atoms with van der Waals surface area (Å²) in [6.07, 6.45) is 3.61. The molecule has 27 heavy (non-hydrogen) atoms. The maximum atomic E-state index is 14.4. The number of hydrogen-bond donors (Lipinski definition) is 2. The second kappa shape index (κ2) is 7.87. The van der Waals surface area contributed by atoms with Gasteiger partial charge in [-0.25, -0.2) is 9.37 Å². The number of aromatic nitrogens is 2. The smallest absolute Gasteiger partial charge is 0.320 e. The highest BCUT2D eigenvalue weighted by atomic mass is 19.1. The van der Waals surface area contributed by atoms with Gasteiger partial charge in [0.25, 0.3) is 0 Å². The van der Waals surface area contributed by atoms with E-state index in [4.69, 9.17) is 0 Å². The average molecular weight is 374 g/mol. The van der Waals surface area contributed by atoms with Crippen LogP contribution in [0.25, 0.3) is 0 Å². The van der Waals surface area contributed by atoms with E-state index in [-0.39, 0.29) is 18.9 Å². The molecular formula is C19H23FN4O3. The summed E-state index contributed by atoms with van der Waals surface area (Å²) in [4.78, 5) is 30.2. The zero-order valence-electron chi connectivity index (χ0n) is 15.3. The van der Waals surface area contributed by atoms with Gasteiger partial charge in [0.1, 0.15) is 17.7 Å². The molecule has 0 radical (unpaired) electrons. The summed E-state index contributed by atoms with van der Waals surface area (Å²) >= 11 is 0. The number of carbonyl (C=O) groups is 2. The second-order valence-corrected chi connectivity index (χ2v) is 6.68. The third kappa shape index (κ3) is 3.71. The Balaban J connectivity index is 1.83. The van der Waals surface area contributed by atoms with Crippen molar-refractivity contribution in [2.45, 2.75) is 38.5 Å². The van der Waals surface area contributed by atoms with E-state index < -0.39 is 29.8 Å². The van der Waals surface area contributed by atoms with Crippen LogP contribution in [0.3, 0.4) is 0 Å². The van der Waals surface area contributed by atoms with Crippen molar-refractivity contribution < 1.29 is 19.1 Å². The number of likely N-dealkylation sites (N-methyl/N-ethyl adjacent to an activating group) is 1. The highest BCUT2D eigenvalue weighted by Gasteiger charge is 2.47. The predicted molar refractivity (Wildman–Crippen MR) is 96.2 cm³/mol. The van der Waals surface area contributed by atoms with Crippen molar-refractivity contribution in [1.82, 2.24) is 19.8 Å². The molecule has 1 aliphatic heterocycles. The van der Waals surface area contributed by atoms with Crippen LogP contribution in [0.1, 0.15) is 30.8 Å². The first-order valence-corrected chi connectivity index (χ1v) is 8.91. The van der Waals surface area contributed by atoms with E-state index in [0.717, 1.165) is 12.4 Å². The van der Waals surface area contributed by atoms with Gasteiger partial charge in [0.15, 0.2) is 0 Å². The van der Waals surface area contributed by atoms with Gasteiger partial charge in [-0.05, 0) is 26.5 Å². The molecule has 1 aliphatic rings. The average Bonchev–Trinajstić information content (AvgIpc) is 3.24. The lowest BCUT2D eigenvalue weighted by atomic mass is 9.92. The summed E-state index contributed by atoms with van der Waals surface area (Å²) < 4.78 is 16.3. The van der Waals surface area contributed by atoms with Gasteiger partial charge in [-0.2, -0.15) is 0 Å². The van der Waals surface area contributed by atoms with Crippen LogP contribution >= 0.6 is 0 Å². The molecule has 1 saturated heterocycles. The monoisotopic (exact) mass is 374 g/mol. The van der Waals surface area contributed by atoms with Crippen LogP contribution in [0.15, 0.2) is 36.7 Å². The lowest BCUT2D eigenvalue weighted by Gasteiger charge is -2.26. The standard InChI is InChI=1S/C19H23FN4O3/c1-3-24-9-8-21-16(24)11-22-18(25)13-10-15(19(26)27)23(2)17(13)12-6-4-5-7-14(12)20/h4-9,13,15,17H,3,10-11H2,1-2H3,(H,22,25)(H,26,27)/t13-,15-,17-/m1/s1. The molecule has 2 aromatic rings. The Kier molecular flexibility index (Phi) is 5.55. The topological polar surface area (TPSA) is 87.5 Å². The maximum absolute atomic E-state index is 14.4. The molecule has 0 bridgehead atoms. The van der Waals surface area contributed by atoms with Crippen molar-refractivity contribution >= 4 is 11.9 Å². The van der Waals surface area contributed by atoms with Crippen molar-refractivity contribution in [2.24, 2.45) is 5.92 Å². The Bertz CT molecular complexity index is 838. The highest BCUT2D eigenvalue weighted by molar-refractivity contribution is 5.83. The highest BCUT2D eigenvalue weighted by Crippen LogP contribution is 2.41. The zero-order chi connectivity index (χ0) is 19.6. The van der Waals surface area contributed by atoms with Crippen molar-refractivity contribution in [3.05, 3.63) is 53.9 Å². The molecule has 144 valence electrons. The van der Waals surface area contributed by atoms with Gasteiger partial charge in [0.05, 0.1) is 12.5 Å². The Morgan fingerprint density at radius 3 is 2.78 bits per heavy atom. The normalized spacial score (nSPS) is 22.7. The molecule has 1 aromatic carbocycles. The molecule has 2 heterocycles. The van der Waals surface area contributed by atoms with Crippen molar-refractivity contribution in [1.29, 1.82) is 0 Å². The lowest BCUT2D eigenvalue weighted by Crippen LogP contribution is -2.36. The number of rotatable bonds is 6. The van der Waals surface area contributed by atoms with Crippen LogP contribution < -0.4 is 5.32 Å². The molecule has 2 N–H and O–H groups in total. The molecule has 1 aromatic heterocycles. The number of halogens is 1. The number of amides is 1. The van der Waals surface area contributed by atoms with Crippen LogP contribution in [0.5, 0.6) is 0 Å². The number of carbonyl (C=O) groups excluding carboxylic acids is 1. The summed E-state index contributed by atoms with van der Waals surface area (Å²) in [5.74, 6) is -1.72. The summed E-state index contributed by atoms with van der Waals surface area (Å²) in [5, 5.41) is 12.3. The first kappa shape index (κ1) is 19.0. The molecule has 3 atom stereocenters. The Labute approximate surface area is 156 Å². The number of aryl methyl sites for hydroxylation is 1. The van der Waals surface area contributed by atoms with E-state index in [1.807, 2.05) is 17.7 Å². The quantitative estimate of drug-likeness (QED) is 0.805. The summed E-state index contributed by atoms with van der Waals surface area (Å²) in [6.45, 7) is 2.95. The van der Waals surface area contributed by atoms with Crippen molar-refractivity contribution in [3.63, 3.8) is 0 Å². The minimum Gasteiger partial charge on any atom is -0.480 e. The fraction of sp³-hybridized carbons (Fsp3) is 0.421. The van der Waals surface area contributed by atoms with Crippen molar-refractivity contribution in [3.8, 4) is 0 Å². The molecule has 0 unspecified atom stereocenters. The molecule has 8 heteroatoms. The van der Waals surface area contributed by atoms with Gasteiger partial charge in [0, 0.05) is 30.5 Å². The second-order valence-electron chi connectivity index (χ2n) is 6.68. The Morgan fingerprint density at radius 1 is 1.37 bits per heavy atom. The zero-order valence-corrected chi connectivity index (χ0v) is 15.3. The number of likely N-dealkylation sites (tertiary alicyclic amines) is 1. The fourth-order valence-electron chi connectivity index (χ4n) is 3.78. The summed E-state index contributed by atoms with van der Waals surface area (Å²) in [7, 11) is 1.62. The summed E-state index contributed by atoms with van der Waals surface area (Å²) in [5.41, 5.74) is 0.332. The Hall–Kier alpha value is -2.74. The van der Waals surface area contributed by atoms with Crippen LogP contribution in [0.4, 0.5) is 4.39 Å². The number of imidazole rings is 1. The van der Waals surface area contributed by atoms with E-state index >= 15 is 0 Å². The molecule has 0 saturated carbocycles. The molecular weight excluding hydrogens is 351 g/mol. The van der Waals surface area contributed by atoms with E-state index in [0.29, 0.717) is 5.56 Å². The molecule has 0 spiro atoms. The van der Waals surface area contributed by atoms with E-state index in [2.05, 4.69) is 10.3 Å². The van der Waals surface area contributed by atoms with Gasteiger partial charge in [0.2, 0.25) is 5.91 Å². The number of benzene rings is 1. The molecule has 3 rings (SSSR count). The van der Waals surface area contributed by atoms with E-state index in [1.165, 1.54) is 6.07 Å². The van der Waals surface area contributed by atoms with Gasteiger partial charge >= 0.3 is 5.97 Å². The van der Waals surface area contributed by atoms with Crippen molar-refractivity contribution in [2.75, 3.05) is 7.05 Å². The SMILES string of the molecule is CCn1ccnc1CNC(=O)[C@@H]1C[C@H](C(=O)O)N(C)[C@@H]1c1ccccc1F. The van der Waals surface area contributed by atoms with E-state index in [9.17, 15) is 19.1 Å². The number of nitrogens with zero attached hydrogens (tertiary/aromatic N) is 3. The van der Waals surface area contributed by atoms with E-state index in [1.54, 1.807) is 36.3 Å². The molecule has 1 fully saturated rings. The molecule has 1 amide bonds. The van der Waals surface area contributed by atoms with Gasteiger partial charge in [-0.3, -0.25) is 14.5 Å². The van der Waals surface area contributed by atoms with Crippen LogP contribution in [-0.4, -0.2) is 44.5 Å². The number of carboxylic acids is 1. The molecule has 0 aliphatic carbocycles. The van der Waals surface area contributed by atoms with Gasteiger partial charge in [-0.15, -0.1) is 0 Å². The number of hydrogen-bond acceptors (Lipinski definition) is 4. The van der Waals surface area contributed by atoms with Crippen LogP contribution in [-0.2, 0) is 22.7 Å². The summed E-state index contributed by atoms with van der Waals surface area (Å²) in [6, 6.07) is 4.70. The predicted octanol–water partition coefficient (Wildman–Crippen LogP) is 1.80. The van der Waals surface area contributed by atoms with Crippen LogP contribution in [0.2, 0.25) is 0 Å². The third-order valence-electron chi connectivity index (χ3n) is 5.20. The first-order valence-electron chi connectivity index (χ1n) is 8.91. The number of aliphatic carboxylic acids is 1. The number of nitrogens with one attached hydrogen (secondary N) is 1. The molecule has 7 nitrogen and oxygen atoms in total.